The summed E-state index contributed by atoms with van der Waals surface area (Å²) in [6.07, 6.45) is 9.30. The molecule has 1 aromatic carbocycles. The molecule has 1 amide bonds. The Bertz CT molecular complexity index is 880. The number of pyridine rings is 1. The lowest BCUT2D eigenvalue weighted by Gasteiger charge is -2.16. The number of likely N-dealkylation sites (tertiary alicyclic amines) is 1. The van der Waals surface area contributed by atoms with Crippen LogP contribution in [0.4, 0.5) is 0 Å². The van der Waals surface area contributed by atoms with Crippen LogP contribution in [-0.4, -0.2) is 38.7 Å². The standard InChI is InChI=1S/C19H20N4O/c1-22-13-17(11-21-22)19(24)23-7-6-14(12-23)8-16-10-20-9-15-4-2-3-5-18(15)16/h2-5,9-11,13-14H,6-8,12H2,1H3. The molecule has 1 fully saturated rings. The van der Waals surface area contributed by atoms with Crippen molar-refractivity contribution in [3.05, 3.63) is 60.2 Å². The number of hydrogen-bond donors (Lipinski definition) is 0. The van der Waals surface area contributed by atoms with E-state index < -0.39 is 0 Å². The zero-order valence-corrected chi connectivity index (χ0v) is 13.7. The van der Waals surface area contributed by atoms with Gasteiger partial charge in [0.2, 0.25) is 0 Å². The number of rotatable bonds is 3. The summed E-state index contributed by atoms with van der Waals surface area (Å²) in [6, 6.07) is 8.36. The van der Waals surface area contributed by atoms with Crippen molar-refractivity contribution in [3.63, 3.8) is 0 Å². The van der Waals surface area contributed by atoms with E-state index in [4.69, 9.17) is 0 Å². The monoisotopic (exact) mass is 320 g/mol. The van der Waals surface area contributed by atoms with E-state index in [0.29, 0.717) is 11.5 Å². The first-order valence-electron chi connectivity index (χ1n) is 8.30. The Kier molecular flexibility index (Phi) is 3.76. The summed E-state index contributed by atoms with van der Waals surface area (Å²) in [4.78, 5) is 18.8. The molecule has 0 spiro atoms. The molecule has 1 aliphatic rings. The van der Waals surface area contributed by atoms with E-state index in [-0.39, 0.29) is 5.91 Å². The Morgan fingerprint density at radius 3 is 2.96 bits per heavy atom. The fraction of sp³-hybridized carbons (Fsp3) is 0.316. The molecule has 1 aliphatic heterocycles. The minimum absolute atomic E-state index is 0.0849. The number of nitrogens with zero attached hydrogens (tertiary/aromatic N) is 4. The highest BCUT2D eigenvalue weighted by molar-refractivity contribution is 5.94. The summed E-state index contributed by atoms with van der Waals surface area (Å²) in [7, 11) is 1.83. The van der Waals surface area contributed by atoms with Crippen molar-refractivity contribution in [3.8, 4) is 0 Å². The van der Waals surface area contributed by atoms with E-state index in [9.17, 15) is 4.79 Å². The molecule has 4 rings (SSSR count). The van der Waals surface area contributed by atoms with E-state index in [1.165, 1.54) is 16.3 Å². The van der Waals surface area contributed by atoms with Crippen molar-refractivity contribution >= 4 is 16.7 Å². The quantitative estimate of drug-likeness (QED) is 0.745. The zero-order valence-electron chi connectivity index (χ0n) is 13.7. The molecular formula is C19H20N4O. The second-order valence-corrected chi connectivity index (χ2v) is 6.53. The average Bonchev–Trinajstić information content (AvgIpc) is 3.24. The highest BCUT2D eigenvalue weighted by Crippen LogP contribution is 2.26. The Balaban J connectivity index is 1.48. The Hall–Kier alpha value is -2.69. The van der Waals surface area contributed by atoms with Crippen molar-refractivity contribution in [2.75, 3.05) is 13.1 Å². The molecule has 3 heterocycles. The fourth-order valence-electron chi connectivity index (χ4n) is 3.55. The largest absolute Gasteiger partial charge is 0.338 e. The molecule has 0 aliphatic carbocycles. The van der Waals surface area contributed by atoms with E-state index in [0.717, 1.165) is 25.9 Å². The molecule has 0 saturated carbocycles. The van der Waals surface area contributed by atoms with Crippen LogP contribution >= 0.6 is 0 Å². The SMILES string of the molecule is Cn1cc(C(=O)N2CCC(Cc3cncc4ccccc34)C2)cn1. The Morgan fingerprint density at radius 1 is 1.25 bits per heavy atom. The minimum Gasteiger partial charge on any atom is -0.338 e. The summed E-state index contributed by atoms with van der Waals surface area (Å²) in [5, 5.41) is 6.54. The average molecular weight is 320 g/mol. The number of carbonyl (C=O) groups is 1. The molecular weight excluding hydrogens is 300 g/mol. The van der Waals surface area contributed by atoms with Gasteiger partial charge in [-0.3, -0.25) is 14.5 Å². The van der Waals surface area contributed by atoms with Crippen molar-refractivity contribution < 1.29 is 4.79 Å². The lowest BCUT2D eigenvalue weighted by molar-refractivity contribution is 0.0787. The third-order valence-corrected chi connectivity index (χ3v) is 4.78. The van der Waals surface area contributed by atoms with Gasteiger partial charge < -0.3 is 4.90 Å². The van der Waals surface area contributed by atoms with Crippen LogP contribution in [0.15, 0.2) is 49.1 Å². The number of hydrogen-bond acceptors (Lipinski definition) is 3. The minimum atomic E-state index is 0.0849. The number of amides is 1. The molecule has 1 atom stereocenters. The van der Waals surface area contributed by atoms with E-state index in [2.05, 4.69) is 28.3 Å². The molecule has 1 saturated heterocycles. The number of fused-ring (bicyclic) bond motifs is 1. The van der Waals surface area contributed by atoms with Gasteiger partial charge in [-0.25, -0.2) is 0 Å². The van der Waals surface area contributed by atoms with Gasteiger partial charge in [-0.05, 0) is 29.7 Å². The first kappa shape index (κ1) is 14.9. The third-order valence-electron chi connectivity index (χ3n) is 4.78. The van der Waals surface area contributed by atoms with Crippen LogP contribution in [0.1, 0.15) is 22.3 Å². The number of aryl methyl sites for hydroxylation is 1. The van der Waals surface area contributed by atoms with Gasteiger partial charge in [0.15, 0.2) is 0 Å². The van der Waals surface area contributed by atoms with Gasteiger partial charge >= 0.3 is 0 Å². The second kappa shape index (κ2) is 6.07. The van der Waals surface area contributed by atoms with Gasteiger partial charge in [-0.1, -0.05) is 24.3 Å². The Labute approximate surface area is 140 Å². The lowest BCUT2D eigenvalue weighted by atomic mass is 9.96. The molecule has 5 nitrogen and oxygen atoms in total. The van der Waals surface area contributed by atoms with E-state index in [1.54, 1.807) is 17.1 Å². The summed E-state index contributed by atoms with van der Waals surface area (Å²) in [5.74, 6) is 0.569. The smallest absolute Gasteiger partial charge is 0.257 e. The van der Waals surface area contributed by atoms with Crippen molar-refractivity contribution in [2.24, 2.45) is 13.0 Å². The van der Waals surface area contributed by atoms with E-state index >= 15 is 0 Å². The molecule has 0 radical (unpaired) electrons. The Morgan fingerprint density at radius 2 is 2.12 bits per heavy atom. The normalized spacial score (nSPS) is 17.5. The van der Waals surface area contributed by atoms with E-state index in [1.807, 2.05) is 30.4 Å². The molecule has 0 N–H and O–H groups in total. The molecule has 1 unspecified atom stereocenters. The maximum Gasteiger partial charge on any atom is 0.257 e. The molecule has 2 aromatic heterocycles. The molecule has 5 heteroatoms. The van der Waals surface area contributed by atoms with Crippen molar-refractivity contribution in [1.82, 2.24) is 19.7 Å². The third kappa shape index (κ3) is 2.77. The molecule has 3 aromatic rings. The van der Waals surface area contributed by atoms with Gasteiger partial charge in [0.05, 0.1) is 11.8 Å². The highest BCUT2D eigenvalue weighted by atomic mass is 16.2. The second-order valence-electron chi connectivity index (χ2n) is 6.53. The van der Waals surface area contributed by atoms with Crippen LogP contribution in [-0.2, 0) is 13.5 Å². The van der Waals surface area contributed by atoms with Crippen molar-refractivity contribution in [2.45, 2.75) is 12.8 Å². The fourth-order valence-corrected chi connectivity index (χ4v) is 3.55. The first-order chi connectivity index (χ1) is 11.7. The van der Waals surface area contributed by atoms with Crippen LogP contribution < -0.4 is 0 Å². The maximum absolute atomic E-state index is 12.5. The predicted molar refractivity (Wildman–Crippen MR) is 92.7 cm³/mol. The summed E-state index contributed by atoms with van der Waals surface area (Å²) in [6.45, 7) is 1.62. The van der Waals surface area contributed by atoms with Gasteiger partial charge in [-0.2, -0.15) is 5.10 Å². The van der Waals surface area contributed by atoms with Crippen LogP contribution in [0.2, 0.25) is 0 Å². The van der Waals surface area contributed by atoms with Crippen LogP contribution in [0.5, 0.6) is 0 Å². The number of carbonyl (C=O) groups excluding carboxylic acids is 1. The summed E-state index contributed by atoms with van der Waals surface area (Å²) in [5.41, 5.74) is 1.94. The molecule has 0 bridgehead atoms. The van der Waals surface area contributed by atoms with Crippen LogP contribution in [0, 0.1) is 5.92 Å². The van der Waals surface area contributed by atoms with Gasteiger partial charge in [0.1, 0.15) is 0 Å². The molecule has 122 valence electrons. The number of benzene rings is 1. The number of aromatic nitrogens is 3. The summed E-state index contributed by atoms with van der Waals surface area (Å²) < 4.78 is 1.67. The van der Waals surface area contributed by atoms with Gasteiger partial charge in [-0.15, -0.1) is 0 Å². The van der Waals surface area contributed by atoms with Crippen molar-refractivity contribution in [1.29, 1.82) is 0 Å². The van der Waals surface area contributed by atoms with Crippen LogP contribution in [0.25, 0.3) is 10.8 Å². The first-order valence-corrected chi connectivity index (χ1v) is 8.30. The summed E-state index contributed by atoms with van der Waals surface area (Å²) >= 11 is 0. The highest BCUT2D eigenvalue weighted by Gasteiger charge is 2.28. The van der Waals surface area contributed by atoms with Crippen LogP contribution in [0.3, 0.4) is 0 Å². The molecule has 24 heavy (non-hydrogen) atoms. The lowest BCUT2D eigenvalue weighted by Crippen LogP contribution is -2.28. The zero-order chi connectivity index (χ0) is 16.5. The van der Waals surface area contributed by atoms with Gasteiger partial charge in [0, 0.05) is 44.1 Å². The maximum atomic E-state index is 12.5. The van der Waals surface area contributed by atoms with Gasteiger partial charge in [0.25, 0.3) is 5.91 Å². The topological polar surface area (TPSA) is 51.0 Å². The predicted octanol–water partition coefficient (Wildman–Crippen LogP) is 2.67.